The monoisotopic (exact) mass is 357 g/mol. The van der Waals surface area contributed by atoms with E-state index in [0.717, 1.165) is 4.47 Å². The Morgan fingerprint density at radius 1 is 1.29 bits per heavy atom. The minimum atomic E-state index is -0.745. The van der Waals surface area contributed by atoms with Crippen LogP contribution in [0.1, 0.15) is 38.1 Å². The fourth-order valence-electron chi connectivity index (χ4n) is 1.58. The number of hydrogen-bond acceptors (Lipinski definition) is 4. The first-order valence-corrected chi connectivity index (χ1v) is 7.30. The third kappa shape index (κ3) is 5.38. The summed E-state index contributed by atoms with van der Waals surface area (Å²) in [5.41, 5.74) is -0.234. The molecule has 21 heavy (non-hydrogen) atoms. The van der Waals surface area contributed by atoms with E-state index in [4.69, 9.17) is 9.47 Å². The maximum atomic E-state index is 12.2. The van der Waals surface area contributed by atoms with Gasteiger partial charge in [-0.2, -0.15) is 0 Å². The Kier molecular flexibility index (Phi) is 5.78. The highest BCUT2D eigenvalue weighted by Crippen LogP contribution is 2.23. The van der Waals surface area contributed by atoms with Gasteiger partial charge in [0.25, 0.3) is 5.91 Å². The van der Waals surface area contributed by atoms with Crippen molar-refractivity contribution in [2.45, 2.75) is 39.3 Å². The second-order valence-electron chi connectivity index (χ2n) is 5.57. The van der Waals surface area contributed by atoms with Gasteiger partial charge in [-0.25, -0.2) is 4.79 Å². The zero-order valence-electron chi connectivity index (χ0n) is 12.8. The summed E-state index contributed by atoms with van der Waals surface area (Å²) in [6.45, 7) is 6.91. The van der Waals surface area contributed by atoms with Crippen LogP contribution < -0.4 is 10.1 Å². The fourth-order valence-corrected chi connectivity index (χ4v) is 1.92. The highest BCUT2D eigenvalue weighted by molar-refractivity contribution is 9.10. The predicted octanol–water partition coefficient (Wildman–Crippen LogP) is 2.92. The molecule has 1 amide bonds. The minimum absolute atomic E-state index is 0.358. The molecule has 0 saturated carbocycles. The molecule has 116 valence electrons. The van der Waals surface area contributed by atoms with E-state index >= 15 is 0 Å². The van der Waals surface area contributed by atoms with Crippen molar-refractivity contribution < 1.29 is 19.1 Å². The average molecular weight is 358 g/mol. The quantitative estimate of drug-likeness (QED) is 0.841. The van der Waals surface area contributed by atoms with Gasteiger partial charge in [-0.1, -0.05) is 15.9 Å². The van der Waals surface area contributed by atoms with Crippen molar-refractivity contribution in [3.8, 4) is 5.75 Å². The second-order valence-corrected chi connectivity index (χ2v) is 6.49. The van der Waals surface area contributed by atoms with E-state index in [1.807, 2.05) is 0 Å². The van der Waals surface area contributed by atoms with E-state index in [-0.39, 0.29) is 0 Å². The molecule has 0 saturated heterocycles. The Bertz CT molecular complexity index is 537. The predicted molar refractivity (Wildman–Crippen MR) is 83.5 cm³/mol. The largest absolute Gasteiger partial charge is 0.496 e. The minimum Gasteiger partial charge on any atom is -0.496 e. The number of benzene rings is 1. The number of esters is 1. The van der Waals surface area contributed by atoms with Crippen LogP contribution in [0, 0.1) is 0 Å². The molecule has 1 aromatic carbocycles. The van der Waals surface area contributed by atoms with E-state index in [1.54, 1.807) is 45.9 Å². The lowest BCUT2D eigenvalue weighted by Gasteiger charge is -2.22. The summed E-state index contributed by atoms with van der Waals surface area (Å²) in [5, 5.41) is 2.60. The summed E-state index contributed by atoms with van der Waals surface area (Å²) in [5.74, 6) is -0.442. The molecular formula is C15H20BrNO4. The Morgan fingerprint density at radius 3 is 2.43 bits per heavy atom. The van der Waals surface area contributed by atoms with Gasteiger partial charge in [0, 0.05) is 4.47 Å². The van der Waals surface area contributed by atoms with Gasteiger partial charge in [0.2, 0.25) is 0 Å². The molecule has 0 bridgehead atoms. The second kappa shape index (κ2) is 6.93. The van der Waals surface area contributed by atoms with E-state index < -0.39 is 23.5 Å². The third-order valence-electron chi connectivity index (χ3n) is 2.52. The number of ether oxygens (including phenoxy) is 2. The zero-order valence-corrected chi connectivity index (χ0v) is 14.4. The summed E-state index contributed by atoms with van der Waals surface area (Å²) < 4.78 is 11.2. The van der Waals surface area contributed by atoms with Gasteiger partial charge < -0.3 is 14.8 Å². The first-order chi connectivity index (χ1) is 9.64. The molecule has 0 aliphatic rings. The van der Waals surface area contributed by atoms with Gasteiger partial charge in [-0.3, -0.25) is 4.79 Å². The van der Waals surface area contributed by atoms with Gasteiger partial charge in [-0.05, 0) is 45.9 Å². The smallest absolute Gasteiger partial charge is 0.328 e. The van der Waals surface area contributed by atoms with Crippen molar-refractivity contribution in [2.75, 3.05) is 7.11 Å². The Balaban J connectivity index is 2.79. The van der Waals surface area contributed by atoms with Crippen LogP contribution in [0.4, 0.5) is 0 Å². The molecule has 5 nitrogen and oxygen atoms in total. The Hall–Kier alpha value is -1.56. The molecule has 1 aromatic rings. The maximum Gasteiger partial charge on any atom is 0.328 e. The van der Waals surface area contributed by atoms with Gasteiger partial charge in [0.05, 0.1) is 12.7 Å². The molecule has 0 aliphatic carbocycles. The van der Waals surface area contributed by atoms with E-state index in [0.29, 0.717) is 11.3 Å². The molecule has 1 rings (SSSR count). The summed E-state index contributed by atoms with van der Waals surface area (Å²) in [7, 11) is 1.48. The molecule has 0 fully saturated rings. The standard InChI is InChI=1S/C15H20BrNO4/c1-9(14(19)21-15(2,3)4)17-13(18)11-7-6-10(16)8-12(11)20-5/h6-9H,1-5H3,(H,17,18)/t9-/m0/s1. The Morgan fingerprint density at radius 2 is 1.90 bits per heavy atom. The number of amides is 1. The summed E-state index contributed by atoms with van der Waals surface area (Å²) >= 11 is 3.31. The number of rotatable bonds is 4. The van der Waals surface area contributed by atoms with Gasteiger partial charge in [0.1, 0.15) is 17.4 Å². The third-order valence-corrected chi connectivity index (χ3v) is 3.01. The molecule has 0 heterocycles. The molecule has 0 spiro atoms. The van der Waals surface area contributed by atoms with E-state index in [9.17, 15) is 9.59 Å². The topological polar surface area (TPSA) is 64.6 Å². The number of halogens is 1. The number of carbonyl (C=O) groups is 2. The Labute approximate surface area is 133 Å². The molecule has 6 heteroatoms. The molecule has 0 unspecified atom stereocenters. The molecule has 0 aromatic heterocycles. The van der Waals surface area contributed by atoms with Crippen LogP contribution in [0.2, 0.25) is 0 Å². The van der Waals surface area contributed by atoms with Crippen molar-refractivity contribution in [1.82, 2.24) is 5.32 Å². The number of carbonyl (C=O) groups excluding carboxylic acids is 2. The average Bonchev–Trinajstić information content (AvgIpc) is 2.36. The number of hydrogen-bond donors (Lipinski definition) is 1. The van der Waals surface area contributed by atoms with Crippen molar-refractivity contribution in [3.63, 3.8) is 0 Å². The lowest BCUT2D eigenvalue weighted by atomic mass is 10.1. The van der Waals surface area contributed by atoms with Crippen LogP contribution in [0.15, 0.2) is 22.7 Å². The summed E-state index contributed by atoms with van der Waals surface area (Å²) in [6.07, 6.45) is 0. The summed E-state index contributed by atoms with van der Waals surface area (Å²) in [4.78, 5) is 24.1. The van der Waals surface area contributed by atoms with Crippen LogP contribution in [-0.2, 0) is 9.53 Å². The molecule has 0 aliphatic heterocycles. The highest BCUT2D eigenvalue weighted by Gasteiger charge is 2.24. The fraction of sp³-hybridized carbons (Fsp3) is 0.467. The van der Waals surface area contributed by atoms with Crippen LogP contribution in [0.25, 0.3) is 0 Å². The van der Waals surface area contributed by atoms with E-state index in [1.165, 1.54) is 7.11 Å². The molecule has 1 N–H and O–H groups in total. The van der Waals surface area contributed by atoms with E-state index in [2.05, 4.69) is 21.2 Å². The van der Waals surface area contributed by atoms with Gasteiger partial charge in [0.15, 0.2) is 0 Å². The van der Waals surface area contributed by atoms with Crippen LogP contribution in [0.3, 0.4) is 0 Å². The first kappa shape index (κ1) is 17.5. The van der Waals surface area contributed by atoms with Crippen molar-refractivity contribution in [1.29, 1.82) is 0 Å². The maximum absolute atomic E-state index is 12.2. The molecule has 1 atom stereocenters. The van der Waals surface area contributed by atoms with Gasteiger partial charge in [-0.15, -0.1) is 0 Å². The molecular weight excluding hydrogens is 338 g/mol. The lowest BCUT2D eigenvalue weighted by Crippen LogP contribution is -2.42. The SMILES string of the molecule is COc1cc(Br)ccc1C(=O)N[C@@H](C)C(=O)OC(C)(C)C. The van der Waals surface area contributed by atoms with Crippen LogP contribution in [-0.4, -0.2) is 30.6 Å². The molecule has 0 radical (unpaired) electrons. The van der Waals surface area contributed by atoms with Crippen LogP contribution in [0.5, 0.6) is 5.75 Å². The normalized spacial score (nSPS) is 12.5. The van der Waals surface area contributed by atoms with Crippen molar-refractivity contribution >= 4 is 27.8 Å². The van der Waals surface area contributed by atoms with Crippen molar-refractivity contribution in [2.24, 2.45) is 0 Å². The summed E-state index contributed by atoms with van der Waals surface area (Å²) in [6, 6.07) is 4.30. The first-order valence-electron chi connectivity index (χ1n) is 6.51. The lowest BCUT2D eigenvalue weighted by molar-refractivity contribution is -0.156. The number of methoxy groups -OCH3 is 1. The van der Waals surface area contributed by atoms with Crippen molar-refractivity contribution in [3.05, 3.63) is 28.2 Å². The number of nitrogens with one attached hydrogen (secondary N) is 1. The van der Waals surface area contributed by atoms with Crippen LogP contribution >= 0.6 is 15.9 Å². The zero-order chi connectivity index (χ0) is 16.2. The van der Waals surface area contributed by atoms with Gasteiger partial charge >= 0.3 is 5.97 Å². The highest BCUT2D eigenvalue weighted by atomic mass is 79.9.